The highest BCUT2D eigenvalue weighted by Gasteiger charge is 2.39. The molecule has 1 atom stereocenters. The van der Waals surface area contributed by atoms with Gasteiger partial charge >= 0.3 is 5.97 Å². The highest BCUT2D eigenvalue weighted by molar-refractivity contribution is 7.91. The maximum absolute atomic E-state index is 12.0. The number of aliphatic imine (C=N–C) groups is 1. The van der Waals surface area contributed by atoms with Crippen LogP contribution in [0.1, 0.15) is 11.1 Å². The molecule has 22 heavy (non-hydrogen) atoms. The molecule has 1 aromatic rings. The molecule has 0 aliphatic carbocycles. The first-order valence-corrected chi connectivity index (χ1v) is 8.37. The molecule has 0 saturated heterocycles. The minimum Gasteiger partial charge on any atom is -0.475 e. The van der Waals surface area contributed by atoms with Crippen LogP contribution in [0.25, 0.3) is 0 Å². The Morgan fingerprint density at radius 3 is 2.73 bits per heavy atom. The van der Waals surface area contributed by atoms with Crippen molar-refractivity contribution < 1.29 is 23.1 Å². The molecule has 0 amide bonds. The fraction of sp³-hybridized carbons (Fsp3) is 0.214. The van der Waals surface area contributed by atoms with Crippen molar-refractivity contribution in [2.24, 2.45) is 4.99 Å². The first-order valence-electron chi connectivity index (χ1n) is 6.42. The number of anilines is 1. The van der Waals surface area contributed by atoms with Gasteiger partial charge in [0.25, 0.3) is 5.78 Å². The minimum absolute atomic E-state index is 0.197. The van der Waals surface area contributed by atoms with Gasteiger partial charge in [-0.05, 0) is 5.56 Å². The summed E-state index contributed by atoms with van der Waals surface area (Å²) in [7, 11) is -3.36. The molecule has 0 aromatic heterocycles. The average molecular weight is 320 g/mol. The summed E-state index contributed by atoms with van der Waals surface area (Å²) in [5.41, 5.74) is 1.41. The van der Waals surface area contributed by atoms with Crippen molar-refractivity contribution in [3.05, 3.63) is 41.7 Å². The number of carbonyl (C=O) groups excluding carboxylic acids is 1. The van der Waals surface area contributed by atoms with Crippen LogP contribution in [0.5, 0.6) is 0 Å². The van der Waals surface area contributed by atoms with E-state index in [-0.39, 0.29) is 12.1 Å². The van der Waals surface area contributed by atoms with Crippen molar-refractivity contribution in [3.8, 4) is 0 Å². The van der Waals surface area contributed by atoms with Gasteiger partial charge in [-0.1, -0.05) is 18.2 Å². The Balaban J connectivity index is 2.21. The van der Waals surface area contributed by atoms with E-state index in [1.165, 1.54) is 17.3 Å². The monoisotopic (exact) mass is 320 g/mol. The number of hydrogen-bond acceptors (Lipinski definition) is 6. The molecule has 8 heteroatoms. The molecule has 3 rings (SSSR count). The van der Waals surface area contributed by atoms with E-state index in [0.717, 1.165) is 11.8 Å². The van der Waals surface area contributed by atoms with Gasteiger partial charge in [-0.3, -0.25) is 9.79 Å². The summed E-state index contributed by atoms with van der Waals surface area (Å²) in [6, 6.07) is 5.00. The Labute approximate surface area is 126 Å². The van der Waals surface area contributed by atoms with Gasteiger partial charge in [-0.25, -0.2) is 13.2 Å². The Morgan fingerprint density at radius 1 is 1.36 bits per heavy atom. The molecule has 0 saturated carbocycles. The molecule has 0 radical (unpaired) electrons. The number of rotatable bonds is 3. The van der Waals surface area contributed by atoms with Crippen LogP contribution in [0.2, 0.25) is 0 Å². The lowest BCUT2D eigenvalue weighted by Gasteiger charge is -2.22. The van der Waals surface area contributed by atoms with Crippen LogP contribution in [-0.4, -0.2) is 42.6 Å². The molecule has 2 aliphatic rings. The van der Waals surface area contributed by atoms with Gasteiger partial charge in [0.2, 0.25) is 0 Å². The van der Waals surface area contributed by atoms with Crippen molar-refractivity contribution in [1.29, 1.82) is 0 Å². The second-order valence-electron chi connectivity index (χ2n) is 5.12. The third-order valence-electron chi connectivity index (χ3n) is 3.67. The van der Waals surface area contributed by atoms with Gasteiger partial charge in [0.05, 0.1) is 5.69 Å². The zero-order chi connectivity index (χ0) is 16.1. The number of benzene rings is 1. The van der Waals surface area contributed by atoms with Gasteiger partial charge in [0, 0.05) is 30.6 Å². The Kier molecular flexibility index (Phi) is 3.13. The van der Waals surface area contributed by atoms with Crippen LogP contribution in [0, 0.1) is 0 Å². The number of nitrogens with zero attached hydrogens (tertiary/aromatic N) is 2. The molecular formula is C14H12N2O5S. The van der Waals surface area contributed by atoms with Crippen LogP contribution in [0.15, 0.2) is 35.6 Å². The summed E-state index contributed by atoms with van der Waals surface area (Å²) < 4.78 is 23.9. The number of carbonyl (C=O) groups is 2. The molecule has 1 unspecified atom stereocenters. The molecule has 2 aliphatic heterocycles. The van der Waals surface area contributed by atoms with Crippen molar-refractivity contribution >= 4 is 33.0 Å². The lowest BCUT2D eigenvalue weighted by Crippen LogP contribution is -2.34. The van der Waals surface area contributed by atoms with E-state index in [2.05, 4.69) is 4.99 Å². The minimum atomic E-state index is -3.36. The predicted octanol–water partition coefficient (Wildman–Crippen LogP) is 0.347. The Hall–Kier alpha value is -2.48. The SMILES string of the molecule is CS(=O)(=O)C1Cc2cccc3c2N1C=CN=C3C(=O)C(=O)O. The summed E-state index contributed by atoms with van der Waals surface area (Å²) in [6.07, 6.45) is 4.14. The fourth-order valence-corrected chi connectivity index (χ4v) is 3.81. The molecule has 0 fully saturated rings. The molecule has 2 heterocycles. The van der Waals surface area contributed by atoms with Gasteiger partial charge < -0.3 is 10.0 Å². The van der Waals surface area contributed by atoms with Crippen LogP contribution in [0.4, 0.5) is 5.69 Å². The topological polar surface area (TPSA) is 104 Å². The third kappa shape index (κ3) is 2.12. The normalized spacial score (nSPS) is 19.4. The highest BCUT2D eigenvalue weighted by atomic mass is 32.2. The summed E-state index contributed by atoms with van der Waals surface area (Å²) in [5, 5.41) is 8.14. The first kappa shape index (κ1) is 14.5. The smallest absolute Gasteiger partial charge is 0.378 e. The summed E-state index contributed by atoms with van der Waals surface area (Å²) in [4.78, 5) is 28.2. The number of Topliss-reactive ketones (excluding diaryl/α,β-unsaturated/α-hetero) is 1. The zero-order valence-corrected chi connectivity index (χ0v) is 12.4. The van der Waals surface area contributed by atoms with Crippen LogP contribution in [0.3, 0.4) is 0 Å². The zero-order valence-electron chi connectivity index (χ0n) is 11.6. The van der Waals surface area contributed by atoms with Gasteiger partial charge in [0.15, 0.2) is 9.84 Å². The summed E-state index contributed by atoms with van der Waals surface area (Å²) in [6.45, 7) is 0. The largest absolute Gasteiger partial charge is 0.475 e. The van der Waals surface area contributed by atoms with E-state index < -0.39 is 27.0 Å². The Morgan fingerprint density at radius 2 is 2.09 bits per heavy atom. The van der Waals surface area contributed by atoms with Gasteiger partial charge in [0.1, 0.15) is 11.1 Å². The standard InChI is InChI=1S/C14H12N2O5S/c1-22(20,21)10-7-8-3-2-4-9-11(13(17)14(18)19)15-5-6-16(10)12(8)9/h2-6,10H,7H2,1H3,(H,18,19). The third-order valence-corrected chi connectivity index (χ3v) is 5.05. The van der Waals surface area contributed by atoms with E-state index in [4.69, 9.17) is 5.11 Å². The van der Waals surface area contributed by atoms with E-state index in [9.17, 15) is 18.0 Å². The quantitative estimate of drug-likeness (QED) is 0.806. The molecule has 0 spiro atoms. The second kappa shape index (κ2) is 4.77. The van der Waals surface area contributed by atoms with E-state index in [1.54, 1.807) is 18.2 Å². The van der Waals surface area contributed by atoms with Crippen LogP contribution < -0.4 is 4.90 Å². The lowest BCUT2D eigenvalue weighted by molar-refractivity contribution is -0.145. The predicted molar refractivity (Wildman–Crippen MR) is 79.6 cm³/mol. The second-order valence-corrected chi connectivity index (χ2v) is 7.32. The first-order chi connectivity index (χ1) is 10.3. The molecule has 1 aromatic carbocycles. The lowest BCUT2D eigenvalue weighted by atomic mass is 10.0. The van der Waals surface area contributed by atoms with Crippen LogP contribution in [-0.2, 0) is 25.8 Å². The number of carboxylic acids is 1. The number of carboxylic acid groups (broad SMARTS) is 1. The summed E-state index contributed by atoms with van der Waals surface area (Å²) >= 11 is 0. The van der Waals surface area contributed by atoms with E-state index >= 15 is 0 Å². The number of aliphatic carboxylic acids is 1. The van der Waals surface area contributed by atoms with Crippen molar-refractivity contribution in [2.45, 2.75) is 11.8 Å². The Bertz CT molecular complexity index is 854. The molecule has 114 valence electrons. The molecule has 0 bridgehead atoms. The van der Waals surface area contributed by atoms with Crippen molar-refractivity contribution in [2.75, 3.05) is 11.2 Å². The summed E-state index contributed by atoms with van der Waals surface area (Å²) in [5.74, 6) is -2.72. The van der Waals surface area contributed by atoms with E-state index in [1.807, 2.05) is 0 Å². The molecule has 7 nitrogen and oxygen atoms in total. The highest BCUT2D eigenvalue weighted by Crippen LogP contribution is 2.39. The van der Waals surface area contributed by atoms with Crippen molar-refractivity contribution in [1.82, 2.24) is 0 Å². The number of hydrogen-bond donors (Lipinski definition) is 1. The maximum Gasteiger partial charge on any atom is 0.378 e. The molecular weight excluding hydrogens is 308 g/mol. The van der Waals surface area contributed by atoms with Crippen molar-refractivity contribution in [3.63, 3.8) is 0 Å². The van der Waals surface area contributed by atoms with Crippen LogP contribution >= 0.6 is 0 Å². The number of para-hydroxylation sites is 1. The van der Waals surface area contributed by atoms with E-state index in [0.29, 0.717) is 11.3 Å². The van der Waals surface area contributed by atoms with Gasteiger partial charge in [-0.15, -0.1) is 0 Å². The number of ketones is 1. The number of sulfone groups is 1. The fourth-order valence-electron chi connectivity index (χ4n) is 2.74. The molecule has 1 N–H and O–H groups in total. The van der Waals surface area contributed by atoms with Gasteiger partial charge in [-0.2, -0.15) is 0 Å². The maximum atomic E-state index is 12.0. The average Bonchev–Trinajstić information content (AvgIpc) is 2.71.